The van der Waals surface area contributed by atoms with E-state index in [2.05, 4.69) is 11.4 Å². The average molecular weight is 439 g/mol. The summed E-state index contributed by atoms with van der Waals surface area (Å²) >= 11 is 1.66. The van der Waals surface area contributed by atoms with E-state index in [0.717, 1.165) is 33.0 Å². The van der Waals surface area contributed by atoms with Crippen molar-refractivity contribution in [3.8, 4) is 0 Å². The van der Waals surface area contributed by atoms with Crippen molar-refractivity contribution >= 4 is 39.4 Å². The first-order chi connectivity index (χ1) is 15.0. The summed E-state index contributed by atoms with van der Waals surface area (Å²) < 4.78 is 6.47. The van der Waals surface area contributed by atoms with Crippen LogP contribution in [-0.4, -0.2) is 52.3 Å². The van der Waals surface area contributed by atoms with Gasteiger partial charge in [-0.3, -0.25) is 14.5 Å². The molecule has 1 aromatic carbocycles. The number of nitrogens with one attached hydrogen (secondary N) is 1. The zero-order valence-corrected chi connectivity index (χ0v) is 17.9. The van der Waals surface area contributed by atoms with Crippen LogP contribution in [0.4, 0.5) is 4.79 Å². The maximum Gasteiger partial charge on any atom is 0.325 e. The fourth-order valence-corrected chi connectivity index (χ4v) is 5.37. The van der Waals surface area contributed by atoms with Crippen LogP contribution in [0.3, 0.4) is 0 Å². The quantitative estimate of drug-likeness (QED) is 0.632. The predicted octanol–water partition coefficient (Wildman–Crippen LogP) is 3.06. The lowest BCUT2D eigenvalue weighted by molar-refractivity contribution is -0.139. The molecule has 0 saturated carbocycles. The van der Waals surface area contributed by atoms with Gasteiger partial charge in [0, 0.05) is 19.0 Å². The van der Waals surface area contributed by atoms with Crippen molar-refractivity contribution in [2.24, 2.45) is 0 Å². The molecule has 5 rings (SSSR count). The van der Waals surface area contributed by atoms with Crippen LogP contribution in [0.2, 0.25) is 0 Å². The third kappa shape index (κ3) is 3.38. The molecular weight excluding hydrogens is 416 g/mol. The molecule has 160 valence electrons. The minimum Gasteiger partial charge on any atom is -0.466 e. The molecule has 2 atom stereocenters. The number of urea groups is 1. The topological polar surface area (TPSA) is 95.8 Å². The number of rotatable bonds is 4. The number of hydrogen-bond donors (Lipinski definition) is 1. The summed E-state index contributed by atoms with van der Waals surface area (Å²) in [7, 11) is 0. The Morgan fingerprint density at radius 2 is 2.13 bits per heavy atom. The largest absolute Gasteiger partial charge is 0.466 e. The zero-order chi connectivity index (χ0) is 21.6. The Bertz CT molecular complexity index is 1120. The second-order valence-electron chi connectivity index (χ2n) is 8.12. The SMILES string of the molecule is C[C@]1(c2ccco2)NC(=O)N(CC(=O)N2CCC[C@H](c3nc4ccccc4s3)C2)C1=O. The van der Waals surface area contributed by atoms with Crippen molar-refractivity contribution in [1.29, 1.82) is 0 Å². The van der Waals surface area contributed by atoms with Crippen LogP contribution in [0.5, 0.6) is 0 Å². The van der Waals surface area contributed by atoms with E-state index in [-0.39, 0.29) is 18.4 Å². The molecule has 4 heterocycles. The van der Waals surface area contributed by atoms with Crippen LogP contribution >= 0.6 is 11.3 Å². The number of piperidine rings is 1. The molecule has 2 fully saturated rings. The van der Waals surface area contributed by atoms with Crippen molar-refractivity contribution in [3.63, 3.8) is 0 Å². The van der Waals surface area contributed by atoms with E-state index >= 15 is 0 Å². The van der Waals surface area contributed by atoms with Gasteiger partial charge in [0.25, 0.3) is 5.91 Å². The molecule has 0 spiro atoms. The number of benzene rings is 1. The van der Waals surface area contributed by atoms with Gasteiger partial charge < -0.3 is 14.6 Å². The van der Waals surface area contributed by atoms with Crippen molar-refractivity contribution in [3.05, 3.63) is 53.4 Å². The van der Waals surface area contributed by atoms with Crippen molar-refractivity contribution < 1.29 is 18.8 Å². The normalized spacial score (nSPS) is 24.1. The second kappa shape index (κ2) is 7.49. The number of imide groups is 1. The Kier molecular flexibility index (Phi) is 4.77. The molecule has 0 unspecified atom stereocenters. The third-order valence-corrected chi connectivity index (χ3v) is 7.21. The maximum atomic E-state index is 13.0. The van der Waals surface area contributed by atoms with Gasteiger partial charge in [0.05, 0.1) is 21.5 Å². The van der Waals surface area contributed by atoms with Gasteiger partial charge >= 0.3 is 6.03 Å². The van der Waals surface area contributed by atoms with E-state index in [1.54, 1.807) is 35.3 Å². The maximum absolute atomic E-state index is 13.0. The molecule has 0 radical (unpaired) electrons. The molecule has 3 aromatic rings. The predicted molar refractivity (Wildman–Crippen MR) is 114 cm³/mol. The summed E-state index contributed by atoms with van der Waals surface area (Å²) in [6.07, 6.45) is 3.27. The van der Waals surface area contributed by atoms with Gasteiger partial charge in [-0.2, -0.15) is 0 Å². The molecule has 0 aliphatic carbocycles. The van der Waals surface area contributed by atoms with E-state index in [1.165, 1.54) is 6.26 Å². The highest BCUT2D eigenvalue weighted by atomic mass is 32.1. The Morgan fingerprint density at radius 1 is 1.29 bits per heavy atom. The molecule has 2 saturated heterocycles. The lowest BCUT2D eigenvalue weighted by Gasteiger charge is -2.32. The summed E-state index contributed by atoms with van der Waals surface area (Å²) in [5.74, 6) is -0.222. The summed E-state index contributed by atoms with van der Waals surface area (Å²) in [4.78, 5) is 45.9. The molecule has 2 aliphatic heterocycles. The number of carbonyl (C=O) groups is 3. The highest BCUT2D eigenvalue weighted by Crippen LogP contribution is 2.33. The lowest BCUT2D eigenvalue weighted by atomic mass is 9.98. The molecule has 0 bridgehead atoms. The fourth-order valence-electron chi connectivity index (χ4n) is 4.28. The Morgan fingerprint density at radius 3 is 2.90 bits per heavy atom. The summed E-state index contributed by atoms with van der Waals surface area (Å²) in [6, 6.07) is 10.7. The van der Waals surface area contributed by atoms with E-state index in [9.17, 15) is 14.4 Å². The summed E-state index contributed by atoms with van der Waals surface area (Å²) in [5.41, 5.74) is -0.325. The molecule has 4 amide bonds. The van der Waals surface area contributed by atoms with Crippen LogP contribution in [0.25, 0.3) is 10.2 Å². The van der Waals surface area contributed by atoms with E-state index in [4.69, 9.17) is 9.40 Å². The third-order valence-electron chi connectivity index (χ3n) is 6.02. The Hall–Kier alpha value is -3.20. The number of fused-ring (bicyclic) bond motifs is 1. The number of likely N-dealkylation sites (tertiary alicyclic amines) is 1. The highest BCUT2D eigenvalue weighted by molar-refractivity contribution is 7.18. The van der Waals surface area contributed by atoms with Crippen LogP contribution < -0.4 is 5.32 Å². The Labute approximate surface area is 182 Å². The summed E-state index contributed by atoms with van der Waals surface area (Å²) in [6.45, 7) is 2.45. The minimum atomic E-state index is -1.30. The molecule has 8 nitrogen and oxygen atoms in total. The van der Waals surface area contributed by atoms with Crippen LogP contribution in [0.15, 0.2) is 47.1 Å². The van der Waals surface area contributed by atoms with Crippen molar-refractivity contribution in [2.75, 3.05) is 19.6 Å². The van der Waals surface area contributed by atoms with Gasteiger partial charge in [-0.25, -0.2) is 9.78 Å². The number of para-hydroxylation sites is 1. The van der Waals surface area contributed by atoms with Gasteiger partial charge in [-0.05, 0) is 44.0 Å². The smallest absolute Gasteiger partial charge is 0.325 e. The number of nitrogens with zero attached hydrogens (tertiary/aromatic N) is 3. The number of carbonyl (C=O) groups excluding carboxylic acids is 3. The molecule has 2 aliphatic rings. The Balaban J connectivity index is 1.29. The van der Waals surface area contributed by atoms with E-state index < -0.39 is 17.5 Å². The monoisotopic (exact) mass is 438 g/mol. The van der Waals surface area contributed by atoms with Crippen molar-refractivity contribution in [2.45, 2.75) is 31.2 Å². The van der Waals surface area contributed by atoms with Gasteiger partial charge in [-0.1, -0.05) is 12.1 Å². The first-order valence-corrected chi connectivity index (χ1v) is 11.1. The molecular formula is C22H22N4O4S. The standard InChI is InChI=1S/C22H22N4O4S/c1-22(17-9-5-11-30-17)20(28)26(21(29)24-22)13-18(27)25-10-4-6-14(12-25)19-23-15-7-2-3-8-16(15)31-19/h2-3,5,7-9,11,14H,4,6,10,12-13H2,1H3,(H,24,29)/t14-,22+/m0/s1. The van der Waals surface area contributed by atoms with Gasteiger partial charge in [0.15, 0.2) is 5.54 Å². The zero-order valence-electron chi connectivity index (χ0n) is 17.0. The van der Waals surface area contributed by atoms with Crippen LogP contribution in [0, 0.1) is 0 Å². The highest BCUT2D eigenvalue weighted by Gasteiger charge is 2.51. The van der Waals surface area contributed by atoms with E-state index in [0.29, 0.717) is 18.8 Å². The number of aromatic nitrogens is 1. The van der Waals surface area contributed by atoms with E-state index in [1.807, 2.05) is 18.2 Å². The first-order valence-electron chi connectivity index (χ1n) is 10.3. The fraction of sp³-hybridized carbons (Fsp3) is 0.364. The molecule has 2 aromatic heterocycles. The number of hydrogen-bond acceptors (Lipinski definition) is 6. The van der Waals surface area contributed by atoms with Gasteiger partial charge in [0.1, 0.15) is 12.3 Å². The second-order valence-corrected chi connectivity index (χ2v) is 9.18. The summed E-state index contributed by atoms with van der Waals surface area (Å²) in [5, 5.41) is 3.68. The minimum absolute atomic E-state index is 0.159. The molecule has 9 heteroatoms. The van der Waals surface area contributed by atoms with Gasteiger partial charge in [-0.15, -0.1) is 11.3 Å². The lowest BCUT2D eigenvalue weighted by Crippen LogP contribution is -2.47. The molecule has 31 heavy (non-hydrogen) atoms. The van der Waals surface area contributed by atoms with Crippen LogP contribution in [0.1, 0.15) is 36.5 Å². The number of furan rings is 1. The number of amides is 4. The van der Waals surface area contributed by atoms with Crippen molar-refractivity contribution in [1.82, 2.24) is 20.1 Å². The number of thiazole rings is 1. The average Bonchev–Trinajstić information content (AvgIpc) is 3.50. The molecule has 1 N–H and O–H groups in total. The van der Waals surface area contributed by atoms with Gasteiger partial charge in [0.2, 0.25) is 5.91 Å². The first kappa shape index (κ1) is 19.7. The van der Waals surface area contributed by atoms with Crippen LogP contribution in [-0.2, 0) is 15.1 Å².